The van der Waals surface area contributed by atoms with Crippen molar-refractivity contribution in [3.63, 3.8) is 0 Å². The molecular weight excluding hydrogens is 330 g/mol. The molecule has 1 aromatic carbocycles. The Bertz CT molecular complexity index is 1220. The van der Waals surface area contributed by atoms with Crippen molar-refractivity contribution in [3.05, 3.63) is 68.6 Å². The molecule has 7 nitrogen and oxygen atoms in total. The molecule has 0 aliphatic rings. The molecule has 3 aromatic heterocycles. The molecule has 0 aliphatic carbocycles. The van der Waals surface area contributed by atoms with Crippen LogP contribution >= 0.6 is 0 Å². The third kappa shape index (κ3) is 2.31. The summed E-state index contributed by atoms with van der Waals surface area (Å²) in [6, 6.07) is 10.3. The van der Waals surface area contributed by atoms with E-state index in [9.17, 15) is 9.59 Å². The third-order valence-corrected chi connectivity index (χ3v) is 4.92. The highest BCUT2D eigenvalue weighted by Gasteiger charge is 2.19. The van der Waals surface area contributed by atoms with Gasteiger partial charge in [-0.1, -0.05) is 30.3 Å². The Hall–Kier alpha value is -3.09. The highest BCUT2D eigenvalue weighted by molar-refractivity contribution is 5.75. The van der Waals surface area contributed by atoms with Crippen LogP contribution in [0.1, 0.15) is 18.2 Å². The van der Waals surface area contributed by atoms with Crippen LogP contribution in [0, 0.1) is 6.92 Å². The van der Waals surface area contributed by atoms with Gasteiger partial charge in [-0.3, -0.25) is 18.3 Å². The van der Waals surface area contributed by atoms with Gasteiger partial charge in [-0.05, 0) is 25.8 Å². The van der Waals surface area contributed by atoms with Crippen molar-refractivity contribution < 1.29 is 0 Å². The molecule has 0 bridgehead atoms. The number of hydrogen-bond donors (Lipinski definition) is 0. The predicted octanol–water partition coefficient (Wildman–Crippen LogP) is 1.72. The summed E-state index contributed by atoms with van der Waals surface area (Å²) in [5.41, 5.74) is 2.52. The van der Waals surface area contributed by atoms with E-state index in [1.165, 1.54) is 14.7 Å². The van der Waals surface area contributed by atoms with Crippen molar-refractivity contribution in [3.8, 4) is 0 Å². The van der Waals surface area contributed by atoms with Crippen molar-refractivity contribution in [2.75, 3.05) is 0 Å². The number of fused-ring (bicyclic) bond motifs is 3. The lowest BCUT2D eigenvalue weighted by molar-refractivity contribution is 0.636. The fourth-order valence-electron chi connectivity index (χ4n) is 3.50. The smallest absolute Gasteiger partial charge is 0.314 e. The molecule has 0 aliphatic heterocycles. The van der Waals surface area contributed by atoms with Crippen LogP contribution in [-0.4, -0.2) is 23.1 Å². The zero-order valence-electron chi connectivity index (χ0n) is 15.1. The lowest BCUT2D eigenvalue weighted by atomic mass is 10.1. The molecule has 0 atom stereocenters. The predicted molar refractivity (Wildman–Crippen MR) is 101 cm³/mol. The van der Waals surface area contributed by atoms with Gasteiger partial charge < -0.3 is 4.57 Å². The zero-order chi connectivity index (χ0) is 18.4. The van der Waals surface area contributed by atoms with E-state index in [1.807, 2.05) is 35.7 Å². The van der Waals surface area contributed by atoms with Crippen LogP contribution < -0.4 is 11.2 Å². The van der Waals surface area contributed by atoms with Crippen molar-refractivity contribution in [2.24, 2.45) is 7.05 Å². The van der Waals surface area contributed by atoms with Gasteiger partial charge in [0.25, 0.3) is 5.56 Å². The van der Waals surface area contributed by atoms with E-state index in [1.54, 1.807) is 14.0 Å². The van der Waals surface area contributed by atoms with Gasteiger partial charge in [0.15, 0.2) is 11.2 Å². The number of aryl methyl sites for hydroxylation is 4. The molecule has 3 heterocycles. The van der Waals surface area contributed by atoms with Crippen molar-refractivity contribution in [1.82, 2.24) is 23.1 Å². The van der Waals surface area contributed by atoms with Crippen LogP contribution in [0.25, 0.3) is 16.9 Å². The van der Waals surface area contributed by atoms with Crippen molar-refractivity contribution in [1.29, 1.82) is 0 Å². The lowest BCUT2D eigenvalue weighted by Gasteiger charge is -2.06. The van der Waals surface area contributed by atoms with Gasteiger partial charge in [0.2, 0.25) is 5.78 Å². The monoisotopic (exact) mass is 351 g/mol. The number of nitrogens with zero attached hydrogens (tertiary/aromatic N) is 5. The molecule has 4 aromatic rings. The van der Waals surface area contributed by atoms with E-state index >= 15 is 0 Å². The Morgan fingerprint density at radius 3 is 2.50 bits per heavy atom. The van der Waals surface area contributed by atoms with Crippen LogP contribution in [0.4, 0.5) is 0 Å². The normalized spacial score (nSPS) is 11.7. The van der Waals surface area contributed by atoms with Gasteiger partial charge in [0.05, 0.1) is 0 Å². The quantitative estimate of drug-likeness (QED) is 0.562. The van der Waals surface area contributed by atoms with E-state index in [0.29, 0.717) is 23.5 Å². The molecule has 0 saturated carbocycles. The van der Waals surface area contributed by atoms with E-state index in [2.05, 4.69) is 21.7 Å². The number of benzene rings is 1. The first-order chi connectivity index (χ1) is 12.5. The standard InChI is InChI=1S/C19H21N5O2/c1-4-22-17(25)15-16(21(3)19(22)26)20-18-23(13(2)12-24(15)18)11-10-14-8-6-5-7-9-14/h5-9,12H,4,10-11H2,1-3H3. The second-order valence-electron chi connectivity index (χ2n) is 6.50. The minimum atomic E-state index is -0.335. The highest BCUT2D eigenvalue weighted by atomic mass is 16.2. The van der Waals surface area contributed by atoms with Crippen LogP contribution in [0.2, 0.25) is 0 Å². The summed E-state index contributed by atoms with van der Waals surface area (Å²) in [6.45, 7) is 4.89. The van der Waals surface area contributed by atoms with E-state index in [-0.39, 0.29) is 11.2 Å². The van der Waals surface area contributed by atoms with Gasteiger partial charge in [0, 0.05) is 32.0 Å². The molecule has 0 radical (unpaired) electrons. The first kappa shape index (κ1) is 16.4. The average Bonchev–Trinajstić information content (AvgIpc) is 3.14. The van der Waals surface area contributed by atoms with Crippen molar-refractivity contribution >= 4 is 16.9 Å². The zero-order valence-corrected chi connectivity index (χ0v) is 15.1. The maximum atomic E-state index is 12.8. The highest BCUT2D eigenvalue weighted by Crippen LogP contribution is 2.17. The topological polar surface area (TPSA) is 66.2 Å². The van der Waals surface area contributed by atoms with Gasteiger partial charge in [-0.2, -0.15) is 4.98 Å². The summed E-state index contributed by atoms with van der Waals surface area (Å²) < 4.78 is 6.59. The Kier molecular flexibility index (Phi) is 3.79. The van der Waals surface area contributed by atoms with Gasteiger partial charge in [-0.25, -0.2) is 4.79 Å². The first-order valence-corrected chi connectivity index (χ1v) is 8.74. The summed E-state index contributed by atoms with van der Waals surface area (Å²) >= 11 is 0. The molecular formula is C19H21N5O2. The second-order valence-corrected chi connectivity index (χ2v) is 6.50. The Balaban J connectivity index is 1.91. The van der Waals surface area contributed by atoms with Crippen LogP contribution in [0.3, 0.4) is 0 Å². The molecule has 134 valence electrons. The molecule has 0 fully saturated rings. The molecule has 0 amide bonds. The van der Waals surface area contributed by atoms with E-state index in [4.69, 9.17) is 0 Å². The third-order valence-electron chi connectivity index (χ3n) is 4.92. The maximum Gasteiger partial charge on any atom is 0.332 e. The number of rotatable bonds is 4. The van der Waals surface area contributed by atoms with Crippen LogP contribution in [0.15, 0.2) is 46.1 Å². The summed E-state index contributed by atoms with van der Waals surface area (Å²) in [5, 5.41) is 0. The number of aromatic nitrogens is 5. The molecule has 0 saturated heterocycles. The van der Waals surface area contributed by atoms with Crippen molar-refractivity contribution in [2.45, 2.75) is 33.4 Å². The number of hydrogen-bond acceptors (Lipinski definition) is 3. The summed E-state index contributed by atoms with van der Waals surface area (Å²) in [4.78, 5) is 29.8. The molecule has 0 spiro atoms. The van der Waals surface area contributed by atoms with E-state index < -0.39 is 0 Å². The minimum absolute atomic E-state index is 0.293. The minimum Gasteiger partial charge on any atom is -0.314 e. The van der Waals surface area contributed by atoms with Gasteiger partial charge in [-0.15, -0.1) is 0 Å². The molecule has 0 unspecified atom stereocenters. The summed E-state index contributed by atoms with van der Waals surface area (Å²) in [5.74, 6) is 0.689. The molecule has 0 N–H and O–H groups in total. The molecule has 26 heavy (non-hydrogen) atoms. The largest absolute Gasteiger partial charge is 0.332 e. The Labute approximate surface area is 149 Å². The fourth-order valence-corrected chi connectivity index (χ4v) is 3.50. The molecule has 4 rings (SSSR count). The first-order valence-electron chi connectivity index (χ1n) is 8.74. The summed E-state index contributed by atoms with van der Waals surface area (Å²) in [7, 11) is 1.66. The van der Waals surface area contributed by atoms with Gasteiger partial charge in [0.1, 0.15) is 0 Å². The SMILES string of the molecule is CCn1c(=O)c2c(nc3n(CCc4ccccc4)c(C)cn23)n(C)c1=O. The Morgan fingerprint density at radius 1 is 1.08 bits per heavy atom. The average molecular weight is 351 g/mol. The summed E-state index contributed by atoms with van der Waals surface area (Å²) in [6.07, 6.45) is 2.79. The second kappa shape index (κ2) is 6.01. The van der Waals surface area contributed by atoms with E-state index in [0.717, 1.165) is 18.7 Å². The Morgan fingerprint density at radius 2 is 1.81 bits per heavy atom. The number of imidazole rings is 2. The lowest BCUT2D eigenvalue weighted by Crippen LogP contribution is -2.38. The molecule has 7 heteroatoms. The van der Waals surface area contributed by atoms with Crippen LogP contribution in [-0.2, 0) is 26.6 Å². The maximum absolute atomic E-state index is 12.8. The van der Waals surface area contributed by atoms with Gasteiger partial charge >= 0.3 is 5.69 Å². The van der Waals surface area contributed by atoms with Crippen LogP contribution in [0.5, 0.6) is 0 Å². The fraction of sp³-hybridized carbons (Fsp3) is 0.316.